The normalized spacial score (nSPS) is 40.1. The summed E-state index contributed by atoms with van der Waals surface area (Å²) in [6.07, 6.45) is 0.579. The van der Waals surface area contributed by atoms with Gasteiger partial charge in [-0.2, -0.15) is 0 Å². The van der Waals surface area contributed by atoms with Crippen LogP contribution in [0, 0.1) is 11.3 Å². The Morgan fingerprint density at radius 2 is 2.00 bits per heavy atom. The first-order valence-corrected chi connectivity index (χ1v) is 9.93. The van der Waals surface area contributed by atoms with Crippen molar-refractivity contribution >= 4 is 0 Å². The first-order valence-electron chi connectivity index (χ1n) is 9.93. The van der Waals surface area contributed by atoms with E-state index < -0.39 is 29.3 Å². The Hall–Kier alpha value is -1.80. The lowest BCUT2D eigenvalue weighted by Crippen LogP contribution is -2.65. The molecule has 2 saturated carbocycles. The van der Waals surface area contributed by atoms with E-state index in [2.05, 4.69) is 13.5 Å². The standard InChI is InChI=1S/C22H30O7/c1-6-7-21-10-16(26-4)19(23)22(27-5,20(21)24)17(12(21)2)13-8-14(25-3)18-15(9-13)28-11-29-18/h6,8-9,12,16-17,19-20,23-24H,1,7,10-11H2,2-5H3/t12-,16-,17+,19-,20+,21+,22-/m0/s1. The van der Waals surface area contributed by atoms with Crippen molar-refractivity contribution in [3.63, 3.8) is 0 Å². The molecule has 0 saturated heterocycles. The average molecular weight is 406 g/mol. The van der Waals surface area contributed by atoms with Crippen LogP contribution in [0.5, 0.6) is 17.2 Å². The predicted octanol–water partition coefficient (Wildman–Crippen LogP) is 2.25. The van der Waals surface area contributed by atoms with Crippen LogP contribution in [-0.2, 0) is 9.47 Å². The third-order valence-electron chi connectivity index (χ3n) is 7.48. The molecule has 0 amide bonds. The van der Waals surface area contributed by atoms with Crippen molar-refractivity contribution in [1.82, 2.24) is 0 Å². The maximum Gasteiger partial charge on any atom is 0.231 e. The molecule has 0 spiro atoms. The molecule has 1 aliphatic heterocycles. The molecule has 2 fully saturated rings. The highest BCUT2D eigenvalue weighted by Gasteiger charge is 2.73. The smallest absolute Gasteiger partial charge is 0.231 e. The van der Waals surface area contributed by atoms with E-state index in [-0.39, 0.29) is 18.6 Å². The van der Waals surface area contributed by atoms with E-state index in [4.69, 9.17) is 23.7 Å². The van der Waals surface area contributed by atoms with Gasteiger partial charge >= 0.3 is 0 Å². The molecule has 3 aliphatic rings. The number of rotatable bonds is 6. The van der Waals surface area contributed by atoms with Gasteiger partial charge in [-0.05, 0) is 36.5 Å². The number of benzene rings is 1. The molecule has 0 radical (unpaired) electrons. The molecule has 29 heavy (non-hydrogen) atoms. The number of fused-ring (bicyclic) bond motifs is 3. The summed E-state index contributed by atoms with van der Waals surface area (Å²) >= 11 is 0. The third kappa shape index (κ3) is 2.51. The van der Waals surface area contributed by atoms with E-state index in [0.717, 1.165) is 5.56 Å². The largest absolute Gasteiger partial charge is 0.493 e. The molecule has 7 heteroatoms. The third-order valence-corrected chi connectivity index (χ3v) is 7.48. The Labute approximate surface area is 171 Å². The van der Waals surface area contributed by atoms with Gasteiger partial charge < -0.3 is 33.9 Å². The van der Waals surface area contributed by atoms with Gasteiger partial charge in [-0.15, -0.1) is 6.58 Å². The van der Waals surface area contributed by atoms with E-state index in [9.17, 15) is 10.2 Å². The topological polar surface area (TPSA) is 86.6 Å². The minimum absolute atomic E-state index is 0.0321. The van der Waals surface area contributed by atoms with Crippen molar-refractivity contribution in [3.8, 4) is 17.2 Å². The Balaban J connectivity index is 1.92. The molecule has 7 atom stereocenters. The number of ether oxygens (including phenoxy) is 5. The van der Waals surface area contributed by atoms with Crippen LogP contribution in [0.1, 0.15) is 31.2 Å². The van der Waals surface area contributed by atoms with Gasteiger partial charge in [0.2, 0.25) is 12.5 Å². The van der Waals surface area contributed by atoms with E-state index in [0.29, 0.717) is 30.1 Å². The maximum atomic E-state index is 11.6. The highest BCUT2D eigenvalue weighted by molar-refractivity contribution is 5.57. The fourth-order valence-corrected chi connectivity index (χ4v) is 6.11. The lowest BCUT2D eigenvalue weighted by atomic mass is 9.65. The minimum Gasteiger partial charge on any atom is -0.493 e. The molecule has 2 bridgehead atoms. The van der Waals surface area contributed by atoms with Crippen LogP contribution in [0.4, 0.5) is 0 Å². The molecule has 160 valence electrons. The van der Waals surface area contributed by atoms with Crippen LogP contribution < -0.4 is 14.2 Å². The van der Waals surface area contributed by atoms with Crippen LogP contribution in [0.25, 0.3) is 0 Å². The molecule has 4 rings (SSSR count). The van der Waals surface area contributed by atoms with E-state index in [1.54, 1.807) is 21.3 Å². The quantitative estimate of drug-likeness (QED) is 0.701. The Morgan fingerprint density at radius 1 is 1.24 bits per heavy atom. The number of allylic oxidation sites excluding steroid dienone is 1. The Morgan fingerprint density at radius 3 is 2.62 bits per heavy atom. The molecule has 1 aromatic rings. The molecule has 2 N–H and O–H groups in total. The van der Waals surface area contributed by atoms with Gasteiger partial charge in [-0.1, -0.05) is 13.0 Å². The zero-order valence-electron chi connectivity index (χ0n) is 17.4. The van der Waals surface area contributed by atoms with Crippen LogP contribution in [0.3, 0.4) is 0 Å². The summed E-state index contributed by atoms with van der Waals surface area (Å²) in [6.45, 7) is 6.14. The molecule has 7 nitrogen and oxygen atoms in total. The summed E-state index contributed by atoms with van der Waals surface area (Å²) in [5.74, 6) is 1.36. The average Bonchev–Trinajstić information content (AvgIpc) is 3.24. The van der Waals surface area contributed by atoms with Crippen LogP contribution in [-0.4, -0.2) is 62.2 Å². The highest BCUT2D eigenvalue weighted by atomic mass is 16.7. The second-order valence-electron chi connectivity index (χ2n) is 8.33. The van der Waals surface area contributed by atoms with Crippen molar-refractivity contribution in [3.05, 3.63) is 30.4 Å². The molecule has 0 aromatic heterocycles. The molecule has 1 aromatic carbocycles. The molecular formula is C22H30O7. The second-order valence-corrected chi connectivity index (χ2v) is 8.33. The Kier molecular flexibility index (Phi) is 5.06. The van der Waals surface area contributed by atoms with Crippen LogP contribution in [0.2, 0.25) is 0 Å². The summed E-state index contributed by atoms with van der Waals surface area (Å²) in [5.41, 5.74) is -0.910. The highest BCUT2D eigenvalue weighted by Crippen LogP contribution is 2.66. The van der Waals surface area contributed by atoms with Crippen molar-refractivity contribution in [2.45, 2.75) is 49.6 Å². The maximum absolute atomic E-state index is 11.6. The SMILES string of the molecule is C=CC[C@]12C[C@H](OC)[C@H](O)[C@](OC)([C@@H]1O)[C@@H](c1cc(OC)c3c(c1)OCO3)[C@@H]2C. The fraction of sp³-hybridized carbons (Fsp3) is 0.636. The van der Waals surface area contributed by atoms with Gasteiger partial charge in [0.25, 0.3) is 0 Å². The first-order chi connectivity index (χ1) is 13.9. The summed E-state index contributed by atoms with van der Waals surface area (Å²) in [5, 5.41) is 22.9. The summed E-state index contributed by atoms with van der Waals surface area (Å²) in [4.78, 5) is 0. The number of aliphatic hydroxyl groups is 2. The monoisotopic (exact) mass is 406 g/mol. The van der Waals surface area contributed by atoms with Crippen molar-refractivity contribution in [2.24, 2.45) is 11.3 Å². The van der Waals surface area contributed by atoms with Gasteiger partial charge in [0.05, 0.1) is 19.3 Å². The van der Waals surface area contributed by atoms with E-state index in [1.807, 2.05) is 18.2 Å². The lowest BCUT2D eigenvalue weighted by molar-refractivity contribution is -0.236. The van der Waals surface area contributed by atoms with Crippen molar-refractivity contribution in [1.29, 1.82) is 0 Å². The second kappa shape index (κ2) is 7.16. The molecule has 2 aliphatic carbocycles. The van der Waals surface area contributed by atoms with Crippen LogP contribution in [0.15, 0.2) is 24.8 Å². The summed E-state index contributed by atoms with van der Waals surface area (Å²) in [7, 11) is 4.70. The number of aliphatic hydroxyl groups excluding tert-OH is 2. The Bertz CT molecular complexity index is 796. The van der Waals surface area contributed by atoms with Gasteiger partial charge in [0.1, 0.15) is 11.7 Å². The lowest BCUT2D eigenvalue weighted by Gasteiger charge is -2.50. The predicted molar refractivity (Wildman–Crippen MR) is 105 cm³/mol. The van der Waals surface area contributed by atoms with E-state index >= 15 is 0 Å². The number of hydrogen-bond acceptors (Lipinski definition) is 7. The van der Waals surface area contributed by atoms with Gasteiger partial charge in [0, 0.05) is 25.6 Å². The molecule has 1 heterocycles. The van der Waals surface area contributed by atoms with Crippen molar-refractivity contribution < 1.29 is 33.9 Å². The van der Waals surface area contributed by atoms with Gasteiger partial charge in [0.15, 0.2) is 11.5 Å². The van der Waals surface area contributed by atoms with Crippen molar-refractivity contribution in [2.75, 3.05) is 28.1 Å². The molecular weight excluding hydrogens is 376 g/mol. The minimum atomic E-state index is -1.24. The zero-order valence-corrected chi connectivity index (χ0v) is 17.4. The van der Waals surface area contributed by atoms with E-state index in [1.165, 1.54) is 0 Å². The van der Waals surface area contributed by atoms with Gasteiger partial charge in [-0.25, -0.2) is 0 Å². The zero-order chi connectivity index (χ0) is 21.0. The summed E-state index contributed by atoms with van der Waals surface area (Å²) < 4.78 is 28.3. The van der Waals surface area contributed by atoms with Crippen LogP contribution >= 0.6 is 0 Å². The number of hydrogen-bond donors (Lipinski definition) is 2. The summed E-state index contributed by atoms with van der Waals surface area (Å²) in [6, 6.07) is 3.79. The fourth-order valence-electron chi connectivity index (χ4n) is 6.11. The number of methoxy groups -OCH3 is 3. The first kappa shape index (κ1) is 20.5. The molecule has 0 unspecified atom stereocenters. The van der Waals surface area contributed by atoms with Gasteiger partial charge in [-0.3, -0.25) is 0 Å².